The average molecular weight is 294 g/mol. The first-order valence-electron chi connectivity index (χ1n) is 5.27. The zero-order valence-electron chi connectivity index (χ0n) is 9.58. The van der Waals surface area contributed by atoms with Gasteiger partial charge in [0.15, 0.2) is 5.16 Å². The summed E-state index contributed by atoms with van der Waals surface area (Å²) < 4.78 is 0. The van der Waals surface area contributed by atoms with Crippen LogP contribution in [0.3, 0.4) is 0 Å². The van der Waals surface area contributed by atoms with E-state index in [0.29, 0.717) is 5.82 Å². The van der Waals surface area contributed by atoms with Crippen LogP contribution in [-0.4, -0.2) is 15.0 Å². The summed E-state index contributed by atoms with van der Waals surface area (Å²) in [4.78, 5) is 14.2. The SMILES string of the molecule is Cc1csc(CSc2nc(N)c3ccsc3n2)n1. The Morgan fingerprint density at radius 1 is 1.28 bits per heavy atom. The summed E-state index contributed by atoms with van der Waals surface area (Å²) in [6.07, 6.45) is 0. The van der Waals surface area contributed by atoms with Crippen molar-refractivity contribution in [3.05, 3.63) is 27.5 Å². The molecule has 0 aromatic carbocycles. The number of hydrogen-bond acceptors (Lipinski definition) is 7. The molecule has 0 aliphatic heterocycles. The van der Waals surface area contributed by atoms with Gasteiger partial charge in [0, 0.05) is 11.1 Å². The molecule has 0 saturated carbocycles. The Morgan fingerprint density at radius 2 is 2.17 bits per heavy atom. The molecule has 92 valence electrons. The van der Waals surface area contributed by atoms with Gasteiger partial charge in [-0.1, -0.05) is 11.8 Å². The molecule has 0 radical (unpaired) electrons. The summed E-state index contributed by atoms with van der Waals surface area (Å²) in [6, 6.07) is 1.95. The van der Waals surface area contributed by atoms with Crippen LogP contribution < -0.4 is 5.73 Å². The smallest absolute Gasteiger partial charge is 0.191 e. The van der Waals surface area contributed by atoms with Crippen molar-refractivity contribution in [2.75, 3.05) is 5.73 Å². The minimum absolute atomic E-state index is 0.555. The molecule has 0 fully saturated rings. The van der Waals surface area contributed by atoms with Crippen LogP contribution in [0.2, 0.25) is 0 Å². The van der Waals surface area contributed by atoms with Gasteiger partial charge in [0.2, 0.25) is 0 Å². The first kappa shape index (κ1) is 11.9. The molecule has 0 spiro atoms. The van der Waals surface area contributed by atoms with Gasteiger partial charge < -0.3 is 5.73 Å². The molecule has 3 heterocycles. The largest absolute Gasteiger partial charge is 0.383 e. The summed E-state index contributed by atoms with van der Waals surface area (Å²) in [7, 11) is 0. The van der Waals surface area contributed by atoms with Gasteiger partial charge in [0.1, 0.15) is 15.7 Å². The van der Waals surface area contributed by atoms with Gasteiger partial charge in [0.25, 0.3) is 0 Å². The summed E-state index contributed by atoms with van der Waals surface area (Å²) in [5, 5.41) is 6.78. The Balaban J connectivity index is 1.82. The standard InChI is InChI=1S/C11H10N4S3/c1-6-4-17-8(13-6)5-18-11-14-9(12)7-2-3-16-10(7)15-11/h2-4H,5H2,1H3,(H2,12,14,15). The van der Waals surface area contributed by atoms with Gasteiger partial charge in [-0.2, -0.15) is 0 Å². The van der Waals surface area contributed by atoms with Crippen LogP contribution in [-0.2, 0) is 5.75 Å². The van der Waals surface area contributed by atoms with Gasteiger partial charge in [0.05, 0.1) is 11.1 Å². The lowest BCUT2D eigenvalue weighted by Crippen LogP contribution is -1.95. The molecule has 4 nitrogen and oxygen atoms in total. The van der Waals surface area contributed by atoms with Crippen molar-refractivity contribution < 1.29 is 0 Å². The van der Waals surface area contributed by atoms with E-state index in [2.05, 4.69) is 15.0 Å². The van der Waals surface area contributed by atoms with Gasteiger partial charge in [-0.3, -0.25) is 0 Å². The minimum Gasteiger partial charge on any atom is -0.383 e. The molecule has 0 aliphatic rings. The van der Waals surface area contributed by atoms with Crippen LogP contribution in [0.4, 0.5) is 5.82 Å². The molecule has 0 aliphatic carbocycles. The molecule has 18 heavy (non-hydrogen) atoms. The van der Waals surface area contributed by atoms with Crippen molar-refractivity contribution in [2.45, 2.75) is 17.8 Å². The first-order valence-corrected chi connectivity index (χ1v) is 8.01. The number of anilines is 1. The first-order chi connectivity index (χ1) is 8.72. The highest BCUT2D eigenvalue weighted by Crippen LogP contribution is 2.28. The molecule has 3 rings (SSSR count). The van der Waals surface area contributed by atoms with E-state index in [1.807, 2.05) is 23.8 Å². The maximum absolute atomic E-state index is 5.90. The fourth-order valence-corrected chi connectivity index (χ4v) is 3.99. The molecule has 3 aromatic rings. The van der Waals surface area contributed by atoms with E-state index in [1.165, 1.54) is 0 Å². The van der Waals surface area contributed by atoms with Crippen molar-refractivity contribution in [3.63, 3.8) is 0 Å². The average Bonchev–Trinajstić information content (AvgIpc) is 2.95. The fraction of sp³-hybridized carbons (Fsp3) is 0.182. The lowest BCUT2D eigenvalue weighted by Gasteiger charge is -2.00. The number of aryl methyl sites for hydroxylation is 1. The third kappa shape index (κ3) is 2.33. The van der Waals surface area contributed by atoms with Crippen molar-refractivity contribution in [1.82, 2.24) is 15.0 Å². The van der Waals surface area contributed by atoms with Gasteiger partial charge in [-0.05, 0) is 18.4 Å². The Labute approximate surface area is 116 Å². The van der Waals surface area contributed by atoms with Crippen LogP contribution in [0.15, 0.2) is 22.0 Å². The normalized spacial score (nSPS) is 11.2. The van der Waals surface area contributed by atoms with Crippen molar-refractivity contribution in [3.8, 4) is 0 Å². The quantitative estimate of drug-likeness (QED) is 0.593. The number of rotatable bonds is 3. The van der Waals surface area contributed by atoms with E-state index in [9.17, 15) is 0 Å². The van der Waals surface area contributed by atoms with Crippen molar-refractivity contribution in [2.24, 2.45) is 0 Å². The summed E-state index contributed by atoms with van der Waals surface area (Å²) in [5.41, 5.74) is 6.96. The molecule has 7 heteroatoms. The number of hydrogen-bond donors (Lipinski definition) is 1. The van der Waals surface area contributed by atoms with Crippen LogP contribution in [0, 0.1) is 6.92 Å². The summed E-state index contributed by atoms with van der Waals surface area (Å²) >= 11 is 4.82. The van der Waals surface area contributed by atoms with E-state index < -0.39 is 0 Å². The second-order valence-electron chi connectivity index (χ2n) is 3.70. The van der Waals surface area contributed by atoms with Crippen LogP contribution in [0.25, 0.3) is 10.2 Å². The Hall–Kier alpha value is -1.18. The molecular formula is C11H10N4S3. The monoisotopic (exact) mass is 294 g/mol. The van der Waals surface area contributed by atoms with Crippen LogP contribution >= 0.6 is 34.4 Å². The molecule has 3 aromatic heterocycles. The molecule has 0 saturated heterocycles. The van der Waals surface area contributed by atoms with Crippen LogP contribution in [0.1, 0.15) is 10.7 Å². The highest BCUT2D eigenvalue weighted by atomic mass is 32.2. The van der Waals surface area contributed by atoms with Gasteiger partial charge in [-0.25, -0.2) is 15.0 Å². The maximum atomic E-state index is 5.90. The van der Waals surface area contributed by atoms with E-state index in [0.717, 1.165) is 31.8 Å². The number of nitrogens with zero attached hydrogens (tertiary/aromatic N) is 3. The molecule has 0 unspecified atom stereocenters. The number of aromatic nitrogens is 3. The third-order valence-electron chi connectivity index (χ3n) is 2.33. The van der Waals surface area contributed by atoms with Gasteiger partial charge >= 0.3 is 0 Å². The number of thiazole rings is 1. The predicted octanol–water partition coefficient (Wildman–Crippen LogP) is 3.33. The summed E-state index contributed by atoms with van der Waals surface area (Å²) in [6.45, 7) is 2.00. The highest BCUT2D eigenvalue weighted by molar-refractivity contribution is 7.98. The lowest BCUT2D eigenvalue weighted by molar-refractivity contribution is 1.02. The predicted molar refractivity (Wildman–Crippen MR) is 78.2 cm³/mol. The van der Waals surface area contributed by atoms with Crippen LogP contribution in [0.5, 0.6) is 0 Å². The minimum atomic E-state index is 0.555. The van der Waals surface area contributed by atoms with Crippen molar-refractivity contribution >= 4 is 50.5 Å². The Bertz CT molecular complexity index is 688. The zero-order chi connectivity index (χ0) is 12.5. The second-order valence-corrected chi connectivity index (χ2v) is 6.48. The van der Waals surface area contributed by atoms with E-state index in [1.54, 1.807) is 34.4 Å². The van der Waals surface area contributed by atoms with E-state index in [-0.39, 0.29) is 0 Å². The topological polar surface area (TPSA) is 64.7 Å². The second kappa shape index (κ2) is 4.83. The number of thiophene rings is 1. The molecule has 0 amide bonds. The lowest BCUT2D eigenvalue weighted by atomic mass is 10.4. The fourth-order valence-electron chi connectivity index (χ4n) is 1.52. The van der Waals surface area contributed by atoms with E-state index >= 15 is 0 Å². The van der Waals surface area contributed by atoms with E-state index in [4.69, 9.17) is 5.73 Å². The number of fused-ring (bicyclic) bond motifs is 1. The molecule has 0 atom stereocenters. The Kier molecular flexibility index (Phi) is 3.19. The highest BCUT2D eigenvalue weighted by Gasteiger charge is 2.08. The molecule has 0 bridgehead atoms. The number of nitrogens with two attached hydrogens (primary N) is 1. The third-order valence-corrected chi connectivity index (χ3v) is 5.14. The summed E-state index contributed by atoms with van der Waals surface area (Å²) in [5.74, 6) is 1.34. The van der Waals surface area contributed by atoms with Gasteiger partial charge in [-0.15, -0.1) is 22.7 Å². The maximum Gasteiger partial charge on any atom is 0.191 e. The number of thioether (sulfide) groups is 1. The zero-order valence-corrected chi connectivity index (χ0v) is 12.0. The number of nitrogen functional groups attached to an aromatic ring is 1. The van der Waals surface area contributed by atoms with Crippen molar-refractivity contribution in [1.29, 1.82) is 0 Å². The molecule has 2 N–H and O–H groups in total. The molecular weight excluding hydrogens is 284 g/mol. The Morgan fingerprint density at radius 3 is 2.94 bits per heavy atom.